The summed E-state index contributed by atoms with van der Waals surface area (Å²) in [7, 11) is 0. The van der Waals surface area contributed by atoms with Gasteiger partial charge in [-0.1, -0.05) is 127 Å². The Morgan fingerprint density at radius 3 is 1.79 bits per heavy atom. The first kappa shape index (κ1) is 31.6. The first-order chi connectivity index (χ1) is 28.3. The smallest absolute Gasteiger partial charge is 0.234 e. The van der Waals surface area contributed by atoms with Gasteiger partial charge in [0, 0.05) is 43.6 Å². The number of rotatable bonds is 4. The van der Waals surface area contributed by atoms with Crippen LogP contribution in [0.1, 0.15) is 17.3 Å². The lowest BCUT2D eigenvalue weighted by molar-refractivity contribution is 0.667. The van der Waals surface area contributed by atoms with Crippen molar-refractivity contribution in [1.29, 1.82) is 0 Å². The third-order valence-corrected chi connectivity index (χ3v) is 11.4. The standard InChI is InChI=1S/C51H33N5O/c1-3-14-32(15-4-1)36-21-13-25-45-48(36)39-20-9-12-24-44(39)55(45)35-27-29-47-41(31-35)40-30-34(26-28-46(40)57-47)50-52-49(33-16-5-2-6-17-33)53-51(54-50)56-42-22-10-7-18-37(42)38-19-8-11-23-43(38)56/h1-31,49H,(H,52,53,54). The number of hydrogen-bond donors (Lipinski definition) is 1. The maximum absolute atomic E-state index is 6.49. The van der Waals surface area contributed by atoms with Gasteiger partial charge in [-0.05, 0) is 77.4 Å². The van der Waals surface area contributed by atoms with Crippen LogP contribution in [-0.4, -0.2) is 20.9 Å². The summed E-state index contributed by atoms with van der Waals surface area (Å²) in [6.45, 7) is 0. The van der Waals surface area contributed by atoms with Gasteiger partial charge in [0.1, 0.15) is 23.2 Å². The van der Waals surface area contributed by atoms with E-state index in [4.69, 9.17) is 14.4 Å². The van der Waals surface area contributed by atoms with Crippen molar-refractivity contribution in [2.24, 2.45) is 9.98 Å². The minimum Gasteiger partial charge on any atom is -0.456 e. The molecule has 0 radical (unpaired) electrons. The molecule has 12 rings (SSSR count). The third-order valence-electron chi connectivity index (χ3n) is 11.4. The molecule has 3 aromatic heterocycles. The molecular formula is C51H33N5O. The molecule has 6 nitrogen and oxygen atoms in total. The number of aromatic nitrogens is 2. The molecule has 8 aromatic carbocycles. The topological polar surface area (TPSA) is 59.8 Å². The molecule has 6 heteroatoms. The highest BCUT2D eigenvalue weighted by atomic mass is 16.3. The number of furan rings is 1. The molecule has 57 heavy (non-hydrogen) atoms. The fourth-order valence-corrected chi connectivity index (χ4v) is 8.83. The molecular weight excluding hydrogens is 699 g/mol. The average molecular weight is 732 g/mol. The normalized spacial score (nSPS) is 14.5. The Hall–Kier alpha value is -7.70. The van der Waals surface area contributed by atoms with Gasteiger partial charge in [-0.25, -0.2) is 4.99 Å². The van der Waals surface area contributed by atoms with Crippen molar-refractivity contribution < 1.29 is 4.42 Å². The van der Waals surface area contributed by atoms with Gasteiger partial charge in [0.2, 0.25) is 5.96 Å². The molecule has 1 aliphatic rings. The summed E-state index contributed by atoms with van der Waals surface area (Å²) < 4.78 is 11.1. The Bertz CT molecular complexity index is 3390. The molecule has 1 N–H and O–H groups in total. The maximum atomic E-state index is 6.49. The van der Waals surface area contributed by atoms with Crippen molar-refractivity contribution in [1.82, 2.24) is 14.5 Å². The highest BCUT2D eigenvalue weighted by molar-refractivity contribution is 6.19. The van der Waals surface area contributed by atoms with Gasteiger partial charge in [0.05, 0.1) is 22.1 Å². The molecule has 0 fully saturated rings. The zero-order valence-corrected chi connectivity index (χ0v) is 30.7. The van der Waals surface area contributed by atoms with Crippen LogP contribution >= 0.6 is 0 Å². The van der Waals surface area contributed by atoms with E-state index in [0.29, 0.717) is 5.96 Å². The van der Waals surface area contributed by atoms with Gasteiger partial charge in [-0.15, -0.1) is 0 Å². The lowest BCUT2D eigenvalue weighted by Gasteiger charge is -2.24. The summed E-state index contributed by atoms with van der Waals surface area (Å²) in [4.78, 5) is 10.5. The number of amidine groups is 1. The number of nitrogens with one attached hydrogen (secondary N) is 1. The second-order valence-electron chi connectivity index (χ2n) is 14.6. The van der Waals surface area contributed by atoms with Crippen LogP contribution in [0.2, 0.25) is 0 Å². The van der Waals surface area contributed by atoms with E-state index in [1.165, 1.54) is 32.7 Å². The highest BCUT2D eigenvalue weighted by Gasteiger charge is 2.24. The molecule has 1 atom stereocenters. The zero-order chi connectivity index (χ0) is 37.5. The summed E-state index contributed by atoms with van der Waals surface area (Å²) >= 11 is 0. The molecule has 1 unspecified atom stereocenters. The Morgan fingerprint density at radius 2 is 1.05 bits per heavy atom. The summed E-state index contributed by atoms with van der Waals surface area (Å²) in [5, 5.41) is 10.6. The number of aliphatic imine (C=N–C) groups is 2. The first-order valence-corrected chi connectivity index (χ1v) is 19.3. The fourth-order valence-electron chi connectivity index (χ4n) is 8.83. The Labute approximate surface area is 327 Å². The van der Waals surface area contributed by atoms with Crippen molar-refractivity contribution in [3.8, 4) is 16.8 Å². The lowest BCUT2D eigenvalue weighted by Crippen LogP contribution is -2.35. The minimum atomic E-state index is -0.340. The molecule has 0 bridgehead atoms. The van der Waals surface area contributed by atoms with Gasteiger partial charge in [-0.3, -0.25) is 4.57 Å². The molecule has 4 heterocycles. The van der Waals surface area contributed by atoms with Gasteiger partial charge < -0.3 is 14.3 Å². The number of hydrogen-bond acceptors (Lipinski definition) is 4. The van der Waals surface area contributed by atoms with Crippen molar-refractivity contribution in [2.75, 3.05) is 0 Å². The molecule has 0 amide bonds. The van der Waals surface area contributed by atoms with E-state index >= 15 is 0 Å². The molecule has 268 valence electrons. The van der Waals surface area contributed by atoms with E-state index < -0.39 is 0 Å². The van der Waals surface area contributed by atoms with Crippen LogP contribution in [0.25, 0.3) is 82.4 Å². The van der Waals surface area contributed by atoms with E-state index in [0.717, 1.165) is 66.7 Å². The number of nitrogens with zero attached hydrogens (tertiary/aromatic N) is 4. The van der Waals surface area contributed by atoms with Crippen molar-refractivity contribution in [3.63, 3.8) is 0 Å². The molecule has 1 aliphatic heterocycles. The number of para-hydroxylation sites is 3. The fraction of sp³-hybridized carbons (Fsp3) is 0.0196. The number of fused-ring (bicyclic) bond motifs is 9. The molecule has 0 spiro atoms. The zero-order valence-electron chi connectivity index (χ0n) is 30.7. The molecule has 0 saturated carbocycles. The van der Waals surface area contributed by atoms with E-state index in [1.54, 1.807) is 0 Å². The van der Waals surface area contributed by atoms with Gasteiger partial charge in [0.15, 0.2) is 0 Å². The lowest BCUT2D eigenvalue weighted by atomic mass is 9.99. The van der Waals surface area contributed by atoms with Crippen molar-refractivity contribution >= 4 is 77.3 Å². The predicted octanol–water partition coefficient (Wildman–Crippen LogP) is 12.4. The van der Waals surface area contributed by atoms with E-state index in [-0.39, 0.29) is 6.17 Å². The summed E-state index contributed by atoms with van der Waals surface area (Å²) in [5.41, 5.74) is 11.6. The van der Waals surface area contributed by atoms with Crippen molar-refractivity contribution in [2.45, 2.75) is 6.17 Å². The maximum Gasteiger partial charge on any atom is 0.234 e. The van der Waals surface area contributed by atoms with Gasteiger partial charge >= 0.3 is 0 Å². The minimum absolute atomic E-state index is 0.340. The predicted molar refractivity (Wildman–Crippen MR) is 235 cm³/mol. The van der Waals surface area contributed by atoms with Gasteiger partial charge in [-0.2, -0.15) is 4.99 Å². The highest BCUT2D eigenvalue weighted by Crippen LogP contribution is 2.40. The third kappa shape index (κ3) is 4.90. The van der Waals surface area contributed by atoms with E-state index in [1.807, 2.05) is 6.07 Å². The average Bonchev–Trinajstić information content (AvgIpc) is 3.94. The second-order valence-corrected chi connectivity index (χ2v) is 14.6. The van der Waals surface area contributed by atoms with E-state index in [2.05, 4.69) is 196 Å². The Morgan fingerprint density at radius 1 is 0.456 bits per heavy atom. The van der Waals surface area contributed by atoms with Crippen LogP contribution in [0.4, 0.5) is 0 Å². The van der Waals surface area contributed by atoms with Crippen molar-refractivity contribution in [3.05, 3.63) is 199 Å². The largest absolute Gasteiger partial charge is 0.456 e. The molecule has 0 aliphatic carbocycles. The van der Waals surface area contributed by atoms with Crippen LogP contribution in [0.3, 0.4) is 0 Å². The molecule has 0 saturated heterocycles. The summed E-state index contributed by atoms with van der Waals surface area (Å²) in [6.07, 6.45) is -0.340. The van der Waals surface area contributed by atoms with Crippen LogP contribution < -0.4 is 5.32 Å². The first-order valence-electron chi connectivity index (χ1n) is 19.3. The SMILES string of the molecule is c1ccc(-c2cccc3c2c2ccccc2n3-c2ccc3oc4ccc(C5=NC(n6c7ccccc7c7ccccc76)=NC(c6ccccc6)N5)cc4c3c2)cc1. The number of benzene rings is 8. The summed E-state index contributed by atoms with van der Waals surface area (Å²) in [5.74, 6) is 1.38. The second kappa shape index (κ2) is 12.4. The van der Waals surface area contributed by atoms with Crippen LogP contribution in [-0.2, 0) is 0 Å². The van der Waals surface area contributed by atoms with Gasteiger partial charge in [0.25, 0.3) is 0 Å². The Kier molecular flexibility index (Phi) is 6.89. The van der Waals surface area contributed by atoms with E-state index in [9.17, 15) is 0 Å². The quantitative estimate of drug-likeness (QED) is 0.196. The van der Waals surface area contributed by atoms with Crippen LogP contribution in [0.15, 0.2) is 202 Å². The Balaban J connectivity index is 1.03. The summed E-state index contributed by atoms with van der Waals surface area (Å²) in [6, 6.07) is 66.2. The van der Waals surface area contributed by atoms with Crippen LogP contribution in [0.5, 0.6) is 0 Å². The monoisotopic (exact) mass is 731 g/mol. The van der Waals surface area contributed by atoms with Crippen LogP contribution in [0, 0.1) is 0 Å². The molecule has 11 aromatic rings.